The van der Waals surface area contributed by atoms with Gasteiger partial charge in [0.2, 0.25) is 10.0 Å². The SMILES string of the molecule is CCCCCCCCS(=O)(=O)N/N=C\c1c(Cl)cccc1Cl. The molecule has 0 bridgehead atoms. The van der Waals surface area contributed by atoms with Gasteiger partial charge >= 0.3 is 0 Å². The van der Waals surface area contributed by atoms with E-state index in [1.807, 2.05) is 0 Å². The van der Waals surface area contributed by atoms with E-state index in [9.17, 15) is 8.42 Å². The van der Waals surface area contributed by atoms with E-state index in [0.717, 1.165) is 19.3 Å². The molecule has 0 amide bonds. The second-order valence-corrected chi connectivity index (χ2v) is 7.71. The molecule has 124 valence electrons. The van der Waals surface area contributed by atoms with Gasteiger partial charge in [-0.1, -0.05) is 68.3 Å². The summed E-state index contributed by atoms with van der Waals surface area (Å²) in [6.07, 6.45) is 7.49. The third-order valence-electron chi connectivity index (χ3n) is 3.15. The molecule has 0 saturated carbocycles. The first-order valence-electron chi connectivity index (χ1n) is 7.43. The Balaban J connectivity index is 2.40. The van der Waals surface area contributed by atoms with Crippen molar-refractivity contribution in [3.63, 3.8) is 0 Å². The second-order valence-electron chi connectivity index (χ2n) is 5.07. The lowest BCUT2D eigenvalue weighted by Crippen LogP contribution is -2.21. The highest BCUT2D eigenvalue weighted by molar-refractivity contribution is 7.89. The molecule has 0 radical (unpaired) electrons. The highest BCUT2D eigenvalue weighted by atomic mass is 35.5. The molecule has 4 nitrogen and oxygen atoms in total. The van der Waals surface area contributed by atoms with Crippen LogP contribution in [0.3, 0.4) is 0 Å². The lowest BCUT2D eigenvalue weighted by atomic mass is 10.1. The lowest BCUT2D eigenvalue weighted by Gasteiger charge is -2.04. The Morgan fingerprint density at radius 1 is 1.09 bits per heavy atom. The molecule has 0 aromatic heterocycles. The van der Waals surface area contributed by atoms with E-state index in [1.54, 1.807) is 18.2 Å². The van der Waals surface area contributed by atoms with Gasteiger partial charge in [0.05, 0.1) is 22.0 Å². The van der Waals surface area contributed by atoms with E-state index in [-0.39, 0.29) is 5.75 Å². The number of hydrazone groups is 1. The summed E-state index contributed by atoms with van der Waals surface area (Å²) in [5.74, 6) is 0.0761. The summed E-state index contributed by atoms with van der Waals surface area (Å²) >= 11 is 11.9. The maximum Gasteiger partial charge on any atom is 0.247 e. The maximum absolute atomic E-state index is 11.8. The molecule has 1 N–H and O–H groups in total. The van der Waals surface area contributed by atoms with Crippen LogP contribution in [-0.2, 0) is 10.0 Å². The van der Waals surface area contributed by atoms with Crippen molar-refractivity contribution >= 4 is 39.4 Å². The predicted molar refractivity (Wildman–Crippen MR) is 94.4 cm³/mol. The van der Waals surface area contributed by atoms with Gasteiger partial charge < -0.3 is 0 Å². The fraction of sp³-hybridized carbons (Fsp3) is 0.533. The van der Waals surface area contributed by atoms with Crippen LogP contribution in [0.2, 0.25) is 10.0 Å². The fourth-order valence-corrected chi connectivity index (χ4v) is 3.31. The predicted octanol–water partition coefficient (Wildman–Crippen LogP) is 4.61. The van der Waals surface area contributed by atoms with Crippen molar-refractivity contribution in [3.05, 3.63) is 33.8 Å². The topological polar surface area (TPSA) is 58.5 Å². The van der Waals surface area contributed by atoms with Gasteiger partial charge in [-0.2, -0.15) is 5.10 Å². The number of benzene rings is 1. The summed E-state index contributed by atoms with van der Waals surface area (Å²) in [5.41, 5.74) is 0.494. The Kier molecular flexibility index (Phi) is 8.83. The molecule has 0 atom stereocenters. The summed E-state index contributed by atoms with van der Waals surface area (Å²) in [4.78, 5) is 2.19. The van der Waals surface area contributed by atoms with Crippen LogP contribution < -0.4 is 4.83 Å². The minimum absolute atomic E-state index is 0.0761. The molecule has 0 spiro atoms. The maximum atomic E-state index is 11.8. The lowest BCUT2D eigenvalue weighted by molar-refractivity contribution is 0.573. The third-order valence-corrected chi connectivity index (χ3v) is 5.02. The molecular weight excluding hydrogens is 343 g/mol. The number of halogens is 2. The van der Waals surface area contributed by atoms with E-state index in [4.69, 9.17) is 23.2 Å². The first kappa shape index (κ1) is 19.3. The minimum atomic E-state index is -3.40. The summed E-state index contributed by atoms with van der Waals surface area (Å²) in [7, 11) is -3.40. The van der Waals surface area contributed by atoms with E-state index >= 15 is 0 Å². The average Bonchev–Trinajstić information content (AvgIpc) is 2.46. The standard InChI is InChI=1S/C15H22Cl2N2O2S/c1-2-3-4-5-6-7-11-22(20,21)19-18-12-13-14(16)9-8-10-15(13)17/h8-10,12,19H,2-7,11H2,1H3/b18-12-. The van der Waals surface area contributed by atoms with Crippen LogP contribution in [0.25, 0.3) is 0 Å². The van der Waals surface area contributed by atoms with Crippen molar-refractivity contribution in [2.45, 2.75) is 45.4 Å². The Morgan fingerprint density at radius 3 is 2.32 bits per heavy atom. The molecule has 0 aliphatic rings. The molecule has 1 aromatic rings. The minimum Gasteiger partial charge on any atom is -0.205 e. The third kappa shape index (κ3) is 7.47. The van der Waals surface area contributed by atoms with Crippen LogP contribution in [-0.4, -0.2) is 20.4 Å². The molecule has 0 heterocycles. The highest BCUT2D eigenvalue weighted by Gasteiger charge is 2.08. The molecule has 0 fully saturated rings. The van der Waals surface area contributed by atoms with E-state index < -0.39 is 10.0 Å². The first-order chi connectivity index (χ1) is 10.5. The van der Waals surface area contributed by atoms with Gasteiger partial charge in [-0.3, -0.25) is 0 Å². The van der Waals surface area contributed by atoms with Crippen LogP contribution in [0, 0.1) is 0 Å². The van der Waals surface area contributed by atoms with Crippen LogP contribution in [0.1, 0.15) is 51.0 Å². The highest BCUT2D eigenvalue weighted by Crippen LogP contribution is 2.22. The number of hydrogen-bond donors (Lipinski definition) is 1. The van der Waals surface area contributed by atoms with Crippen molar-refractivity contribution in [1.29, 1.82) is 0 Å². The molecule has 0 unspecified atom stereocenters. The monoisotopic (exact) mass is 364 g/mol. The molecule has 1 aromatic carbocycles. The number of nitrogens with zero attached hydrogens (tertiary/aromatic N) is 1. The quantitative estimate of drug-likeness (QED) is 0.374. The average molecular weight is 365 g/mol. The molecule has 1 rings (SSSR count). The van der Waals surface area contributed by atoms with Gasteiger partial charge in [0.1, 0.15) is 0 Å². The summed E-state index contributed by atoms with van der Waals surface area (Å²) in [6, 6.07) is 5.05. The number of hydrogen-bond acceptors (Lipinski definition) is 3. The van der Waals surface area contributed by atoms with Crippen LogP contribution in [0.15, 0.2) is 23.3 Å². The van der Waals surface area contributed by atoms with E-state index in [1.165, 1.54) is 19.1 Å². The number of nitrogens with one attached hydrogen (secondary N) is 1. The molecule has 22 heavy (non-hydrogen) atoms. The summed E-state index contributed by atoms with van der Waals surface area (Å²) < 4.78 is 23.6. The molecule has 7 heteroatoms. The Bertz CT molecular complexity index is 569. The molecular formula is C15H22Cl2N2O2S. The van der Waals surface area contributed by atoms with Crippen molar-refractivity contribution in [1.82, 2.24) is 4.83 Å². The zero-order chi connectivity index (χ0) is 16.4. The van der Waals surface area contributed by atoms with Crippen LogP contribution in [0.5, 0.6) is 0 Å². The first-order valence-corrected chi connectivity index (χ1v) is 9.83. The Hall–Kier alpha value is -0.780. The zero-order valence-corrected chi connectivity index (χ0v) is 15.0. The van der Waals surface area contributed by atoms with Crippen molar-refractivity contribution < 1.29 is 8.42 Å². The molecule has 0 saturated heterocycles. The van der Waals surface area contributed by atoms with Gasteiger partial charge in [0, 0.05) is 5.56 Å². The summed E-state index contributed by atoms with van der Waals surface area (Å²) in [5, 5.41) is 4.58. The van der Waals surface area contributed by atoms with Gasteiger partial charge in [-0.15, -0.1) is 0 Å². The largest absolute Gasteiger partial charge is 0.247 e. The second kappa shape index (κ2) is 10.1. The number of unbranched alkanes of at least 4 members (excludes halogenated alkanes) is 5. The Labute approximate surface area is 142 Å². The van der Waals surface area contributed by atoms with Gasteiger partial charge in [-0.05, 0) is 18.6 Å². The van der Waals surface area contributed by atoms with Crippen LogP contribution in [0.4, 0.5) is 0 Å². The van der Waals surface area contributed by atoms with Crippen molar-refractivity contribution in [2.75, 3.05) is 5.75 Å². The van der Waals surface area contributed by atoms with Crippen molar-refractivity contribution in [2.24, 2.45) is 5.10 Å². The van der Waals surface area contributed by atoms with E-state index in [2.05, 4.69) is 16.9 Å². The van der Waals surface area contributed by atoms with Crippen molar-refractivity contribution in [3.8, 4) is 0 Å². The fourth-order valence-electron chi connectivity index (χ4n) is 1.92. The molecule has 0 aliphatic carbocycles. The normalized spacial score (nSPS) is 12.0. The van der Waals surface area contributed by atoms with Crippen LogP contribution >= 0.6 is 23.2 Å². The smallest absolute Gasteiger partial charge is 0.205 e. The Morgan fingerprint density at radius 2 is 1.68 bits per heavy atom. The molecule has 0 aliphatic heterocycles. The summed E-state index contributed by atoms with van der Waals surface area (Å²) in [6.45, 7) is 2.15. The zero-order valence-electron chi connectivity index (χ0n) is 12.7. The number of sulfonamides is 1. The van der Waals surface area contributed by atoms with Gasteiger partial charge in [0.15, 0.2) is 0 Å². The van der Waals surface area contributed by atoms with E-state index in [0.29, 0.717) is 22.0 Å². The van der Waals surface area contributed by atoms with Gasteiger partial charge in [0.25, 0.3) is 0 Å². The number of rotatable bonds is 10. The van der Waals surface area contributed by atoms with Gasteiger partial charge in [-0.25, -0.2) is 13.2 Å².